The topological polar surface area (TPSA) is 32.3 Å². The fourth-order valence-corrected chi connectivity index (χ4v) is 2.41. The van der Waals surface area contributed by atoms with Crippen LogP contribution in [0.1, 0.15) is 29.8 Å². The molecule has 116 valence electrons. The third-order valence-corrected chi connectivity index (χ3v) is 3.94. The third kappa shape index (κ3) is 3.95. The second kappa shape index (κ2) is 7.76. The molecule has 22 heavy (non-hydrogen) atoms. The summed E-state index contributed by atoms with van der Waals surface area (Å²) >= 11 is 0. The zero-order chi connectivity index (χ0) is 15.9. The highest BCUT2D eigenvalue weighted by Crippen LogP contribution is 2.18. The van der Waals surface area contributed by atoms with Crippen molar-refractivity contribution >= 4 is 11.5 Å². The average molecular weight is 296 g/mol. The summed E-state index contributed by atoms with van der Waals surface area (Å²) in [5.74, 6) is 0.125. The largest absolute Gasteiger partial charge is 0.367 e. The Bertz CT molecular complexity index is 593. The summed E-state index contributed by atoms with van der Waals surface area (Å²) in [6, 6.07) is 18.2. The molecule has 3 heteroatoms. The van der Waals surface area contributed by atoms with Gasteiger partial charge in [0.2, 0.25) is 0 Å². The second-order valence-corrected chi connectivity index (χ2v) is 5.42. The molecule has 0 heterocycles. The molecule has 0 radical (unpaired) electrons. The normalized spacial score (nSPS) is 12.0. The molecule has 1 atom stereocenters. The lowest BCUT2D eigenvalue weighted by Gasteiger charge is -2.23. The van der Waals surface area contributed by atoms with Gasteiger partial charge < -0.3 is 10.2 Å². The lowest BCUT2D eigenvalue weighted by Crippen LogP contribution is -2.30. The Balaban J connectivity index is 2.12. The minimum atomic E-state index is -0.155. The third-order valence-electron chi connectivity index (χ3n) is 3.94. The van der Waals surface area contributed by atoms with Gasteiger partial charge in [-0.2, -0.15) is 0 Å². The van der Waals surface area contributed by atoms with Gasteiger partial charge in [-0.05, 0) is 50.7 Å². The van der Waals surface area contributed by atoms with Crippen LogP contribution in [0.25, 0.3) is 0 Å². The number of carbonyl (C=O) groups is 1. The summed E-state index contributed by atoms with van der Waals surface area (Å²) in [5, 5.41) is 2.98. The predicted octanol–water partition coefficient (Wildman–Crippen LogP) is 3.50. The van der Waals surface area contributed by atoms with Gasteiger partial charge in [-0.1, -0.05) is 30.3 Å². The van der Waals surface area contributed by atoms with Gasteiger partial charge in [0.05, 0.1) is 6.04 Å². The van der Waals surface area contributed by atoms with Crippen molar-refractivity contribution in [2.45, 2.75) is 26.4 Å². The van der Waals surface area contributed by atoms with Crippen LogP contribution in [0.5, 0.6) is 0 Å². The van der Waals surface area contributed by atoms with E-state index >= 15 is 0 Å². The van der Waals surface area contributed by atoms with Crippen LogP contribution < -0.4 is 10.2 Å². The van der Waals surface area contributed by atoms with Gasteiger partial charge in [-0.25, -0.2) is 0 Å². The second-order valence-electron chi connectivity index (χ2n) is 5.42. The lowest BCUT2D eigenvalue weighted by molar-refractivity contribution is 0.0955. The van der Waals surface area contributed by atoms with Gasteiger partial charge in [-0.3, -0.25) is 4.79 Å². The fraction of sp³-hybridized carbons (Fsp3) is 0.316. The van der Waals surface area contributed by atoms with E-state index in [1.807, 2.05) is 37.3 Å². The van der Waals surface area contributed by atoms with Crippen LogP contribution >= 0.6 is 0 Å². The summed E-state index contributed by atoms with van der Waals surface area (Å²) < 4.78 is 0. The molecule has 0 amide bonds. The molecule has 0 saturated heterocycles. The molecule has 2 aromatic carbocycles. The van der Waals surface area contributed by atoms with E-state index in [1.165, 1.54) is 5.56 Å². The molecule has 0 aromatic heterocycles. The highest BCUT2D eigenvalue weighted by Gasteiger charge is 2.13. The average Bonchev–Trinajstić information content (AvgIpc) is 2.59. The Morgan fingerprint density at radius 2 is 1.73 bits per heavy atom. The molecule has 0 aliphatic heterocycles. The monoisotopic (exact) mass is 296 g/mol. The molecule has 0 saturated carbocycles. The molecular formula is C19H24N2O. The van der Waals surface area contributed by atoms with E-state index in [1.54, 1.807) is 7.05 Å². The van der Waals surface area contributed by atoms with Gasteiger partial charge in [0.15, 0.2) is 5.78 Å². The van der Waals surface area contributed by atoms with Crippen molar-refractivity contribution in [1.82, 2.24) is 5.32 Å². The Morgan fingerprint density at radius 1 is 1.09 bits per heavy atom. The van der Waals surface area contributed by atoms with E-state index in [0.717, 1.165) is 24.3 Å². The maximum absolute atomic E-state index is 12.1. The van der Waals surface area contributed by atoms with Gasteiger partial charge in [-0.15, -0.1) is 0 Å². The van der Waals surface area contributed by atoms with Crippen molar-refractivity contribution in [3.8, 4) is 0 Å². The molecule has 0 aliphatic rings. The Morgan fingerprint density at radius 3 is 2.27 bits per heavy atom. The molecule has 0 spiro atoms. The maximum Gasteiger partial charge on any atom is 0.179 e. The van der Waals surface area contributed by atoms with Crippen LogP contribution in [0.4, 0.5) is 5.69 Å². The zero-order valence-electron chi connectivity index (χ0n) is 13.5. The van der Waals surface area contributed by atoms with E-state index in [0.29, 0.717) is 0 Å². The van der Waals surface area contributed by atoms with Crippen molar-refractivity contribution in [2.75, 3.05) is 18.5 Å². The number of nitrogens with one attached hydrogen (secondary N) is 1. The minimum absolute atomic E-state index is 0.125. The van der Waals surface area contributed by atoms with Crippen LogP contribution in [-0.4, -0.2) is 25.4 Å². The number of Topliss-reactive ketones (excluding diaryl/α,β-unsaturated/α-hetero) is 1. The first-order valence-electron chi connectivity index (χ1n) is 7.76. The SMILES string of the molecule is CCN(Cc1ccccc1)c1ccc(C(=O)C(C)NC)cc1. The highest BCUT2D eigenvalue weighted by molar-refractivity contribution is 6.00. The first-order chi connectivity index (χ1) is 10.7. The zero-order valence-corrected chi connectivity index (χ0v) is 13.5. The number of anilines is 1. The van der Waals surface area contributed by atoms with E-state index in [-0.39, 0.29) is 11.8 Å². The highest BCUT2D eigenvalue weighted by atomic mass is 16.1. The molecule has 0 aliphatic carbocycles. The smallest absolute Gasteiger partial charge is 0.179 e. The van der Waals surface area contributed by atoms with E-state index in [4.69, 9.17) is 0 Å². The Labute approximate surface area is 133 Å². The van der Waals surface area contributed by atoms with E-state index in [9.17, 15) is 4.79 Å². The molecule has 2 aromatic rings. The summed E-state index contributed by atoms with van der Waals surface area (Å²) in [7, 11) is 1.80. The Hall–Kier alpha value is -2.13. The van der Waals surface area contributed by atoms with Crippen molar-refractivity contribution < 1.29 is 4.79 Å². The summed E-state index contributed by atoms with van der Waals surface area (Å²) in [6.07, 6.45) is 0. The van der Waals surface area contributed by atoms with E-state index in [2.05, 4.69) is 41.4 Å². The molecule has 3 nitrogen and oxygen atoms in total. The summed E-state index contributed by atoms with van der Waals surface area (Å²) in [5.41, 5.74) is 3.18. The molecular weight excluding hydrogens is 272 g/mol. The van der Waals surface area contributed by atoms with Crippen LogP contribution in [0.2, 0.25) is 0 Å². The van der Waals surface area contributed by atoms with Crippen molar-refractivity contribution in [3.63, 3.8) is 0 Å². The van der Waals surface area contributed by atoms with Gasteiger partial charge in [0, 0.05) is 24.3 Å². The van der Waals surface area contributed by atoms with Crippen molar-refractivity contribution in [2.24, 2.45) is 0 Å². The van der Waals surface area contributed by atoms with Crippen molar-refractivity contribution in [1.29, 1.82) is 0 Å². The number of benzene rings is 2. The van der Waals surface area contributed by atoms with Crippen LogP contribution in [0, 0.1) is 0 Å². The molecule has 1 N–H and O–H groups in total. The van der Waals surface area contributed by atoms with Crippen molar-refractivity contribution in [3.05, 3.63) is 65.7 Å². The first kappa shape index (κ1) is 16.2. The maximum atomic E-state index is 12.1. The number of hydrogen-bond acceptors (Lipinski definition) is 3. The quantitative estimate of drug-likeness (QED) is 0.794. The molecule has 0 bridgehead atoms. The number of ketones is 1. The molecule has 2 rings (SSSR count). The molecule has 0 fully saturated rings. The predicted molar refractivity (Wildman–Crippen MR) is 92.5 cm³/mol. The number of carbonyl (C=O) groups excluding carboxylic acids is 1. The summed E-state index contributed by atoms with van der Waals surface area (Å²) in [4.78, 5) is 14.4. The standard InChI is InChI=1S/C19H24N2O/c1-4-21(14-16-8-6-5-7-9-16)18-12-10-17(11-13-18)19(22)15(2)20-3/h5-13,15,20H,4,14H2,1-3H3. The Kier molecular flexibility index (Phi) is 5.73. The molecule has 1 unspecified atom stereocenters. The number of rotatable bonds is 7. The van der Waals surface area contributed by atoms with Gasteiger partial charge in [0.1, 0.15) is 0 Å². The fourth-order valence-electron chi connectivity index (χ4n) is 2.41. The first-order valence-corrected chi connectivity index (χ1v) is 7.76. The van der Waals surface area contributed by atoms with Crippen LogP contribution in [0.15, 0.2) is 54.6 Å². The lowest BCUT2D eigenvalue weighted by atomic mass is 10.0. The number of hydrogen-bond donors (Lipinski definition) is 1. The minimum Gasteiger partial charge on any atom is -0.367 e. The van der Waals surface area contributed by atoms with Gasteiger partial charge in [0.25, 0.3) is 0 Å². The number of nitrogens with zero attached hydrogens (tertiary/aromatic N) is 1. The van der Waals surface area contributed by atoms with E-state index < -0.39 is 0 Å². The van der Waals surface area contributed by atoms with Crippen LogP contribution in [0.3, 0.4) is 0 Å². The summed E-state index contributed by atoms with van der Waals surface area (Å²) in [6.45, 7) is 5.82. The number of likely N-dealkylation sites (N-methyl/N-ethyl adjacent to an activating group) is 1. The van der Waals surface area contributed by atoms with Gasteiger partial charge >= 0.3 is 0 Å². The van der Waals surface area contributed by atoms with Crippen LogP contribution in [-0.2, 0) is 6.54 Å².